The quantitative estimate of drug-likeness (QED) is 0.246. The highest BCUT2D eigenvalue weighted by atomic mass is 16.5. The average molecular weight is 549 g/mol. The van der Waals surface area contributed by atoms with Gasteiger partial charge in [0.25, 0.3) is 0 Å². The third-order valence-corrected chi connectivity index (χ3v) is 7.75. The van der Waals surface area contributed by atoms with Crippen molar-refractivity contribution in [2.75, 3.05) is 51.4 Å². The van der Waals surface area contributed by atoms with Crippen LogP contribution in [-0.4, -0.2) is 75.8 Å². The number of hydrogen-bond acceptors (Lipinski definition) is 8. The number of likely N-dealkylation sites (tertiary alicyclic amines) is 1. The van der Waals surface area contributed by atoms with Crippen molar-refractivity contribution in [2.24, 2.45) is 0 Å². The number of ether oxygens (including phenoxy) is 1. The zero-order valence-electron chi connectivity index (χ0n) is 23.8. The second-order valence-corrected chi connectivity index (χ2v) is 10.8. The van der Waals surface area contributed by atoms with Gasteiger partial charge in [-0.1, -0.05) is 24.3 Å². The van der Waals surface area contributed by atoms with Crippen LogP contribution in [0, 0.1) is 6.92 Å². The van der Waals surface area contributed by atoms with E-state index in [0.717, 1.165) is 64.7 Å². The number of rotatable bonds is 9. The van der Waals surface area contributed by atoms with E-state index in [4.69, 9.17) is 20.6 Å². The second kappa shape index (κ2) is 11.6. The molecule has 6 rings (SSSR count). The van der Waals surface area contributed by atoms with Gasteiger partial charge >= 0.3 is 0 Å². The minimum atomic E-state index is 0.496. The van der Waals surface area contributed by atoms with Gasteiger partial charge in [-0.05, 0) is 75.9 Å². The summed E-state index contributed by atoms with van der Waals surface area (Å²) in [5.74, 6) is 1.35. The van der Waals surface area contributed by atoms with E-state index in [1.54, 1.807) is 6.20 Å². The third kappa shape index (κ3) is 5.86. The average Bonchev–Trinajstić information content (AvgIpc) is 3.59. The molecule has 1 unspecified atom stereocenters. The highest BCUT2D eigenvalue weighted by Crippen LogP contribution is 2.35. The van der Waals surface area contributed by atoms with E-state index in [9.17, 15) is 0 Å². The van der Waals surface area contributed by atoms with Crippen LogP contribution in [0.5, 0.6) is 5.75 Å². The smallest absolute Gasteiger partial charge is 0.227 e. The molecule has 0 saturated carbocycles. The van der Waals surface area contributed by atoms with Crippen LogP contribution in [0.4, 0.5) is 17.3 Å². The molecule has 9 heteroatoms. The summed E-state index contributed by atoms with van der Waals surface area (Å²) in [7, 11) is 4.37. The largest absolute Gasteiger partial charge is 0.492 e. The molecule has 0 bridgehead atoms. The molecule has 41 heavy (non-hydrogen) atoms. The van der Waals surface area contributed by atoms with E-state index in [2.05, 4.69) is 47.2 Å². The number of pyridine rings is 1. The van der Waals surface area contributed by atoms with Gasteiger partial charge in [0.2, 0.25) is 5.95 Å². The maximum absolute atomic E-state index is 6.22. The maximum atomic E-state index is 6.22. The summed E-state index contributed by atoms with van der Waals surface area (Å²) in [6, 6.07) is 22.4. The summed E-state index contributed by atoms with van der Waals surface area (Å²) in [5, 5.41) is 8.24. The van der Waals surface area contributed by atoms with Gasteiger partial charge in [0, 0.05) is 54.5 Å². The first kappa shape index (κ1) is 26.7. The number of aryl methyl sites for hydroxylation is 1. The van der Waals surface area contributed by atoms with Crippen molar-refractivity contribution < 1.29 is 4.74 Å². The first-order valence-electron chi connectivity index (χ1n) is 14.0. The Kier molecular flexibility index (Phi) is 7.54. The number of benzene rings is 2. The molecule has 2 aromatic carbocycles. The standard InChI is InChI=1S/C32H36N8O/c1-22-10-11-25(20-29(22)41-18-17-39(3)26-13-16-38(2)21-26)35-32-34-14-12-27(36-32)30-28-9-4-5-15-40(28)37-31(30)23-7-6-8-24(33)19-23/h4-12,14-15,19-20,26H,13,16-18,21,33H2,1-3H3,(H,34,35,36). The Balaban J connectivity index is 1.22. The lowest BCUT2D eigenvalue weighted by Crippen LogP contribution is -2.36. The molecule has 3 N–H and O–H groups in total. The molecule has 3 aromatic heterocycles. The Morgan fingerprint density at radius 2 is 2.00 bits per heavy atom. The van der Waals surface area contributed by atoms with Crippen LogP contribution >= 0.6 is 0 Å². The van der Waals surface area contributed by atoms with Gasteiger partial charge in [0.15, 0.2) is 0 Å². The van der Waals surface area contributed by atoms with Crippen molar-refractivity contribution in [3.05, 3.63) is 84.7 Å². The fraction of sp³-hybridized carbons (Fsp3) is 0.281. The van der Waals surface area contributed by atoms with Gasteiger partial charge in [-0.15, -0.1) is 0 Å². The van der Waals surface area contributed by atoms with E-state index < -0.39 is 0 Å². The van der Waals surface area contributed by atoms with Gasteiger partial charge in [-0.3, -0.25) is 4.90 Å². The molecule has 210 valence electrons. The van der Waals surface area contributed by atoms with Crippen molar-refractivity contribution in [1.82, 2.24) is 29.4 Å². The molecule has 1 fully saturated rings. The number of anilines is 3. The minimum absolute atomic E-state index is 0.496. The molecule has 5 aromatic rings. The number of nitrogens with one attached hydrogen (secondary N) is 1. The number of likely N-dealkylation sites (N-methyl/N-ethyl adjacent to an activating group) is 2. The minimum Gasteiger partial charge on any atom is -0.492 e. The molecule has 0 amide bonds. The van der Waals surface area contributed by atoms with Crippen molar-refractivity contribution >= 4 is 22.8 Å². The highest BCUT2D eigenvalue weighted by molar-refractivity contribution is 5.91. The van der Waals surface area contributed by atoms with E-state index in [0.29, 0.717) is 24.3 Å². The van der Waals surface area contributed by atoms with Crippen LogP contribution < -0.4 is 15.8 Å². The lowest BCUT2D eigenvalue weighted by molar-refractivity contribution is 0.192. The normalized spacial score (nSPS) is 15.6. The zero-order valence-corrected chi connectivity index (χ0v) is 23.8. The zero-order chi connectivity index (χ0) is 28.3. The maximum Gasteiger partial charge on any atom is 0.227 e. The van der Waals surface area contributed by atoms with Crippen LogP contribution in [0.1, 0.15) is 12.0 Å². The third-order valence-electron chi connectivity index (χ3n) is 7.75. The van der Waals surface area contributed by atoms with E-state index in [1.807, 2.05) is 71.4 Å². The van der Waals surface area contributed by atoms with Crippen molar-refractivity contribution in [2.45, 2.75) is 19.4 Å². The molecule has 1 aliphatic rings. The summed E-state index contributed by atoms with van der Waals surface area (Å²) >= 11 is 0. The summed E-state index contributed by atoms with van der Waals surface area (Å²) in [6.45, 7) is 5.86. The predicted octanol–water partition coefficient (Wildman–Crippen LogP) is 5.11. The SMILES string of the molecule is Cc1ccc(Nc2nccc(-c3c(-c4cccc(N)c4)nn4ccccc34)n2)cc1OCCN(C)C1CCN(C)C1. The number of fused-ring (bicyclic) bond motifs is 1. The molecular formula is C32H36N8O. The monoisotopic (exact) mass is 548 g/mol. The topological polar surface area (TPSA) is 96.8 Å². The lowest BCUT2D eigenvalue weighted by atomic mass is 10.0. The first-order chi connectivity index (χ1) is 19.9. The second-order valence-electron chi connectivity index (χ2n) is 10.8. The lowest BCUT2D eigenvalue weighted by Gasteiger charge is -2.24. The van der Waals surface area contributed by atoms with E-state index in [1.165, 1.54) is 6.42 Å². The molecular weight excluding hydrogens is 512 g/mol. The van der Waals surface area contributed by atoms with Crippen molar-refractivity contribution in [3.8, 4) is 28.3 Å². The van der Waals surface area contributed by atoms with Crippen molar-refractivity contribution in [3.63, 3.8) is 0 Å². The van der Waals surface area contributed by atoms with E-state index >= 15 is 0 Å². The molecule has 4 heterocycles. The van der Waals surface area contributed by atoms with Crippen LogP contribution in [0.2, 0.25) is 0 Å². The Morgan fingerprint density at radius 3 is 2.83 bits per heavy atom. The predicted molar refractivity (Wildman–Crippen MR) is 165 cm³/mol. The van der Waals surface area contributed by atoms with Gasteiger partial charge < -0.3 is 20.7 Å². The Morgan fingerprint density at radius 1 is 1.10 bits per heavy atom. The van der Waals surface area contributed by atoms with E-state index in [-0.39, 0.29) is 0 Å². The van der Waals surface area contributed by atoms with Crippen LogP contribution in [0.15, 0.2) is 79.1 Å². The molecule has 9 nitrogen and oxygen atoms in total. The molecule has 0 spiro atoms. The fourth-order valence-electron chi connectivity index (χ4n) is 5.41. The number of aromatic nitrogens is 4. The molecule has 1 saturated heterocycles. The van der Waals surface area contributed by atoms with Crippen LogP contribution in [0.3, 0.4) is 0 Å². The molecule has 0 radical (unpaired) electrons. The molecule has 1 aliphatic heterocycles. The van der Waals surface area contributed by atoms with Gasteiger partial charge in [-0.25, -0.2) is 14.5 Å². The number of nitrogens with zero attached hydrogens (tertiary/aromatic N) is 6. The highest BCUT2D eigenvalue weighted by Gasteiger charge is 2.23. The number of nitrogen functional groups attached to an aromatic ring is 1. The molecule has 0 aliphatic carbocycles. The van der Waals surface area contributed by atoms with Gasteiger partial charge in [0.05, 0.1) is 16.8 Å². The van der Waals surface area contributed by atoms with Crippen LogP contribution in [-0.2, 0) is 0 Å². The van der Waals surface area contributed by atoms with Gasteiger partial charge in [-0.2, -0.15) is 5.10 Å². The Bertz CT molecular complexity index is 1670. The van der Waals surface area contributed by atoms with Crippen molar-refractivity contribution in [1.29, 1.82) is 0 Å². The first-order valence-corrected chi connectivity index (χ1v) is 14.0. The van der Waals surface area contributed by atoms with Gasteiger partial charge in [0.1, 0.15) is 18.1 Å². The number of nitrogens with two attached hydrogens (primary N) is 1. The summed E-state index contributed by atoms with van der Waals surface area (Å²) in [5.41, 5.74) is 13.1. The summed E-state index contributed by atoms with van der Waals surface area (Å²) in [6.07, 6.45) is 4.91. The number of hydrogen-bond donors (Lipinski definition) is 2. The Hall–Kier alpha value is -4.47. The molecule has 1 atom stereocenters. The fourth-order valence-corrected chi connectivity index (χ4v) is 5.41. The van der Waals surface area contributed by atoms with Crippen LogP contribution in [0.25, 0.3) is 28.0 Å². The summed E-state index contributed by atoms with van der Waals surface area (Å²) in [4.78, 5) is 14.2. The Labute approximate surface area is 240 Å². The summed E-state index contributed by atoms with van der Waals surface area (Å²) < 4.78 is 8.09.